The Morgan fingerprint density at radius 3 is 1.90 bits per heavy atom. The Bertz CT molecular complexity index is 3340. The first kappa shape index (κ1) is 21.9. The van der Waals surface area contributed by atoms with Crippen molar-refractivity contribution in [2.75, 3.05) is 0 Å². The molecule has 0 atom stereocenters. The molecule has 2 aromatic heterocycles. The number of fused-ring (bicyclic) bond motifs is 6. The highest BCUT2D eigenvalue weighted by Gasteiger charge is 2.37. The summed E-state index contributed by atoms with van der Waals surface area (Å²) < 4.78 is 87.8. The van der Waals surface area contributed by atoms with Crippen molar-refractivity contribution in [1.82, 2.24) is 15.0 Å². The highest BCUT2D eigenvalue weighted by molar-refractivity contribution is 7.26. The summed E-state index contributed by atoms with van der Waals surface area (Å²) in [4.78, 5) is 15.5. The lowest BCUT2D eigenvalue weighted by atomic mass is 9.82. The van der Waals surface area contributed by atoms with Crippen LogP contribution in [0.5, 0.6) is 0 Å². The zero-order chi connectivity index (χ0) is 43.5. The van der Waals surface area contributed by atoms with Gasteiger partial charge in [-0.25, -0.2) is 15.0 Å². The van der Waals surface area contributed by atoms with Crippen molar-refractivity contribution in [2.45, 2.75) is 19.3 Å². The van der Waals surface area contributed by atoms with Gasteiger partial charge in [0.15, 0.2) is 17.5 Å². The third-order valence-corrected chi connectivity index (χ3v) is 11.1. The summed E-state index contributed by atoms with van der Waals surface area (Å²) >= 11 is 1.35. The summed E-state index contributed by atoms with van der Waals surface area (Å²) in [7, 11) is 0. The van der Waals surface area contributed by atoms with Crippen molar-refractivity contribution >= 4 is 31.5 Å². The fraction of sp³-hybridized carbons (Fsp3) is 0.0625. The second-order valence-electron chi connectivity index (χ2n) is 13.3. The maximum absolute atomic E-state index is 9.00. The molecule has 1 aliphatic rings. The number of hydrogen-bond donors (Lipinski definition) is 0. The van der Waals surface area contributed by atoms with Crippen molar-refractivity contribution in [3.8, 4) is 67.5 Å². The molecule has 0 saturated carbocycles. The molecule has 0 aliphatic heterocycles. The zero-order valence-electron chi connectivity index (χ0n) is 38.1. The average Bonchev–Trinajstić information content (AvgIpc) is 3.78. The number of rotatable bonds is 5. The summed E-state index contributed by atoms with van der Waals surface area (Å²) in [6, 6.07) is 28.4. The van der Waals surface area contributed by atoms with Crippen LogP contribution in [-0.2, 0) is 5.41 Å². The number of hydrogen-bond acceptors (Lipinski definition) is 4. The van der Waals surface area contributed by atoms with Crippen LogP contribution in [0.3, 0.4) is 0 Å². The summed E-state index contributed by atoms with van der Waals surface area (Å²) in [5.41, 5.74) is 6.82. The Balaban J connectivity index is 1.31. The fourth-order valence-electron chi connectivity index (χ4n) is 7.50. The molecule has 1 aliphatic carbocycles. The SMILES string of the molecule is [2H]c1c([2H])c([2H])c(-c2cc(-c3c([2H])c([2H])c([2H])c([2H])c3[2H])c3sc4cccc(-c5nc(-c6ccccc6)nc(-c6cccc7c6-c6ccccc6C7(C)C)n5)c4c3c2)c([2H])c1[2H]. The van der Waals surface area contributed by atoms with E-state index in [2.05, 4.69) is 38.1 Å². The minimum absolute atomic E-state index is 0.0710. The Morgan fingerprint density at radius 1 is 0.500 bits per heavy atom. The van der Waals surface area contributed by atoms with Crippen molar-refractivity contribution < 1.29 is 13.7 Å². The topological polar surface area (TPSA) is 38.7 Å². The minimum Gasteiger partial charge on any atom is -0.208 e. The summed E-state index contributed by atoms with van der Waals surface area (Å²) in [5.74, 6) is 1.28. The second-order valence-corrected chi connectivity index (χ2v) is 14.3. The van der Waals surface area contributed by atoms with Crippen molar-refractivity contribution in [1.29, 1.82) is 0 Å². The van der Waals surface area contributed by atoms with E-state index < -0.39 is 60.4 Å². The lowest BCUT2D eigenvalue weighted by Crippen LogP contribution is -2.14. The lowest BCUT2D eigenvalue weighted by molar-refractivity contribution is 0.660. The molecule has 0 N–H and O–H groups in total. The summed E-state index contributed by atoms with van der Waals surface area (Å²) in [6.45, 7) is 4.44. The molecule has 7 aromatic carbocycles. The first-order valence-corrected chi connectivity index (χ1v) is 17.7. The molecule has 0 unspecified atom stereocenters. The van der Waals surface area contributed by atoms with Gasteiger partial charge >= 0.3 is 0 Å². The maximum atomic E-state index is 9.00. The van der Waals surface area contributed by atoms with Crippen LogP contribution in [0.15, 0.2) is 164 Å². The van der Waals surface area contributed by atoms with Gasteiger partial charge in [0.25, 0.3) is 0 Å². The second kappa shape index (κ2) is 11.9. The minimum atomic E-state index is -0.546. The molecule has 3 nitrogen and oxygen atoms in total. The number of aromatic nitrogens is 3. The predicted molar refractivity (Wildman–Crippen MR) is 217 cm³/mol. The van der Waals surface area contributed by atoms with E-state index in [0.29, 0.717) is 38.5 Å². The van der Waals surface area contributed by atoms with Crippen LogP contribution >= 0.6 is 11.3 Å². The molecule has 0 saturated heterocycles. The largest absolute Gasteiger partial charge is 0.208 e. The zero-order valence-corrected chi connectivity index (χ0v) is 28.9. The number of benzene rings is 7. The lowest BCUT2D eigenvalue weighted by Gasteiger charge is -2.21. The molecule has 2 heterocycles. The van der Waals surface area contributed by atoms with Crippen molar-refractivity contribution in [2.24, 2.45) is 0 Å². The molecule has 0 amide bonds. The molecule has 0 bridgehead atoms. The van der Waals surface area contributed by atoms with E-state index in [1.54, 1.807) is 12.1 Å². The van der Waals surface area contributed by atoms with E-state index >= 15 is 0 Å². The Kier molecular flexibility index (Phi) is 5.02. The van der Waals surface area contributed by atoms with Crippen LogP contribution in [-0.4, -0.2) is 15.0 Å². The molecular formula is C48H33N3S. The van der Waals surface area contributed by atoms with E-state index in [9.17, 15) is 0 Å². The van der Waals surface area contributed by atoms with Gasteiger partial charge in [-0.15, -0.1) is 11.3 Å². The maximum Gasteiger partial charge on any atom is 0.164 e. The normalized spacial score (nSPS) is 15.7. The van der Waals surface area contributed by atoms with Crippen LogP contribution in [0.1, 0.15) is 38.7 Å². The quantitative estimate of drug-likeness (QED) is 0.180. The van der Waals surface area contributed by atoms with Gasteiger partial charge in [0.1, 0.15) is 0 Å². The third kappa shape index (κ3) is 4.83. The van der Waals surface area contributed by atoms with Gasteiger partial charge in [-0.3, -0.25) is 0 Å². The smallest absolute Gasteiger partial charge is 0.164 e. The van der Waals surface area contributed by atoms with Crippen LogP contribution in [0.4, 0.5) is 0 Å². The van der Waals surface area contributed by atoms with E-state index in [4.69, 9.17) is 28.7 Å². The van der Waals surface area contributed by atoms with Gasteiger partial charge in [-0.2, -0.15) is 0 Å². The number of thiophene rings is 1. The highest BCUT2D eigenvalue weighted by Crippen LogP contribution is 2.52. The van der Waals surface area contributed by atoms with Crippen molar-refractivity contribution in [3.63, 3.8) is 0 Å². The standard InChI is InChI=1S/C48H33N3S/c1-48(2)39-25-13-12-22-34(39)42-35(23-14-26-40(42)48)46-49-45(32-20-10-5-11-21-32)50-47(51-46)36-24-15-27-41-43(36)38-29-33(30-16-6-3-7-17-30)28-37(44(38)52-41)31-18-8-4-9-19-31/h3-29H,1-2H3/i3D,4D,6D,7D,8D,9D,16D,17D,18D,19D. The predicted octanol–water partition coefficient (Wildman–Crippen LogP) is 12.9. The summed E-state index contributed by atoms with van der Waals surface area (Å²) in [5, 5.41) is 1.24. The van der Waals surface area contributed by atoms with Gasteiger partial charge < -0.3 is 0 Å². The first-order valence-electron chi connectivity index (χ1n) is 21.9. The highest BCUT2D eigenvalue weighted by atomic mass is 32.1. The van der Waals surface area contributed by atoms with Gasteiger partial charge in [-0.05, 0) is 57.1 Å². The molecular weight excluding hydrogens is 651 g/mol. The molecule has 4 heteroatoms. The Morgan fingerprint density at radius 2 is 1.12 bits per heavy atom. The van der Waals surface area contributed by atoms with Gasteiger partial charge in [0, 0.05) is 47.8 Å². The van der Waals surface area contributed by atoms with Gasteiger partial charge in [-0.1, -0.05) is 159 Å². The fourth-order valence-corrected chi connectivity index (χ4v) is 8.73. The summed E-state index contributed by atoms with van der Waals surface area (Å²) in [6.07, 6.45) is 0. The van der Waals surface area contributed by atoms with Crippen LogP contribution in [0, 0.1) is 0 Å². The monoisotopic (exact) mass is 693 g/mol. The third-order valence-electron chi connectivity index (χ3n) is 9.91. The molecule has 246 valence electrons. The van der Waals surface area contributed by atoms with Gasteiger partial charge in [0.05, 0.1) is 13.7 Å². The van der Waals surface area contributed by atoms with E-state index in [0.717, 1.165) is 32.5 Å². The number of nitrogens with zero attached hydrogens (tertiary/aromatic N) is 3. The Hall–Kier alpha value is -6.23. The molecule has 0 fully saturated rings. The van der Waals surface area contributed by atoms with Crippen LogP contribution < -0.4 is 0 Å². The van der Waals surface area contributed by atoms with E-state index in [-0.39, 0.29) is 27.7 Å². The van der Waals surface area contributed by atoms with Crippen LogP contribution in [0.25, 0.3) is 87.7 Å². The molecule has 10 rings (SSSR count). The van der Waals surface area contributed by atoms with E-state index in [1.165, 1.54) is 16.9 Å². The Labute approximate surface area is 321 Å². The molecule has 0 spiro atoms. The van der Waals surface area contributed by atoms with E-state index in [1.807, 2.05) is 66.7 Å². The van der Waals surface area contributed by atoms with Crippen molar-refractivity contribution in [3.05, 3.63) is 175 Å². The van der Waals surface area contributed by atoms with Gasteiger partial charge in [0.2, 0.25) is 0 Å². The first-order chi connectivity index (χ1) is 29.7. The van der Waals surface area contributed by atoms with Crippen LogP contribution in [0.2, 0.25) is 0 Å². The molecule has 9 aromatic rings. The average molecular weight is 694 g/mol. The molecule has 52 heavy (non-hydrogen) atoms. The molecule has 0 radical (unpaired) electrons.